The van der Waals surface area contributed by atoms with Gasteiger partial charge in [0.05, 0.1) is 18.7 Å². The highest BCUT2D eigenvalue weighted by molar-refractivity contribution is 5.78. The average Bonchev–Trinajstić information content (AvgIpc) is 2.27. The number of nitrogens with two attached hydrogens (primary N) is 1. The topological polar surface area (TPSA) is 55.6 Å². The predicted octanol–water partition coefficient (Wildman–Crippen LogP) is 0.997. The first-order chi connectivity index (χ1) is 7.12. The molecular formula is C11H24N2O2. The molecule has 2 N–H and O–H groups in total. The number of hydrogen-bond acceptors (Lipinski definition) is 3. The summed E-state index contributed by atoms with van der Waals surface area (Å²) in [6.45, 7) is 4.24. The summed E-state index contributed by atoms with van der Waals surface area (Å²) < 4.78 is 5.40. The molecule has 0 fully saturated rings. The van der Waals surface area contributed by atoms with Crippen LogP contribution >= 0.6 is 0 Å². The van der Waals surface area contributed by atoms with Gasteiger partial charge in [-0.3, -0.25) is 4.79 Å². The zero-order valence-electron chi connectivity index (χ0n) is 10.3. The van der Waals surface area contributed by atoms with Crippen molar-refractivity contribution < 1.29 is 9.53 Å². The molecule has 2 unspecified atom stereocenters. The maximum Gasteiger partial charge on any atom is 0.236 e. The van der Waals surface area contributed by atoms with Gasteiger partial charge in [-0.1, -0.05) is 20.3 Å². The molecule has 2 atom stereocenters. The Morgan fingerprint density at radius 3 is 2.40 bits per heavy atom. The maximum absolute atomic E-state index is 11.5. The van der Waals surface area contributed by atoms with Crippen molar-refractivity contribution in [2.45, 2.75) is 45.3 Å². The van der Waals surface area contributed by atoms with Crippen LogP contribution in [0.1, 0.15) is 33.1 Å². The zero-order valence-corrected chi connectivity index (χ0v) is 10.3. The molecule has 0 aromatic carbocycles. The van der Waals surface area contributed by atoms with Crippen molar-refractivity contribution >= 4 is 5.91 Å². The Labute approximate surface area is 92.8 Å². The monoisotopic (exact) mass is 216 g/mol. The van der Waals surface area contributed by atoms with Crippen molar-refractivity contribution in [1.82, 2.24) is 4.90 Å². The smallest absolute Gasteiger partial charge is 0.236 e. The molecule has 0 spiro atoms. The fraction of sp³-hybridized carbons (Fsp3) is 0.909. The Kier molecular flexibility index (Phi) is 7.34. The molecule has 4 heteroatoms. The summed E-state index contributed by atoms with van der Waals surface area (Å²) in [6, 6.07) is 0.140. The van der Waals surface area contributed by atoms with Crippen LogP contribution in [0.25, 0.3) is 0 Å². The van der Waals surface area contributed by atoms with Crippen LogP contribution in [0.3, 0.4) is 0 Å². The van der Waals surface area contributed by atoms with E-state index in [1.165, 1.54) is 0 Å². The van der Waals surface area contributed by atoms with Crippen LogP contribution in [-0.4, -0.2) is 43.7 Å². The number of ether oxygens (including phenoxy) is 1. The van der Waals surface area contributed by atoms with Crippen LogP contribution in [0.5, 0.6) is 0 Å². The predicted molar refractivity (Wildman–Crippen MR) is 61.6 cm³/mol. The molecular weight excluding hydrogens is 192 g/mol. The molecule has 0 heterocycles. The number of methoxy groups -OCH3 is 1. The lowest BCUT2D eigenvalue weighted by molar-refractivity contribution is -0.133. The normalized spacial score (nSPS) is 14.7. The Hall–Kier alpha value is -0.610. The molecule has 0 aliphatic heterocycles. The molecule has 0 radical (unpaired) electrons. The minimum absolute atomic E-state index is 0.0241. The van der Waals surface area contributed by atoms with E-state index in [1.807, 2.05) is 0 Å². The summed E-state index contributed by atoms with van der Waals surface area (Å²) in [5.41, 5.74) is 5.36. The first-order valence-electron chi connectivity index (χ1n) is 5.60. The second-order valence-corrected chi connectivity index (χ2v) is 3.75. The van der Waals surface area contributed by atoms with E-state index in [2.05, 4.69) is 13.8 Å². The molecule has 0 aromatic heterocycles. The highest BCUT2D eigenvalue weighted by Gasteiger charge is 2.25. The molecule has 1 amide bonds. The number of amides is 1. The number of carbonyl (C=O) groups is 1. The number of likely N-dealkylation sites (N-methyl/N-ethyl adjacent to an activating group) is 1. The van der Waals surface area contributed by atoms with Crippen molar-refractivity contribution in [2.24, 2.45) is 5.73 Å². The SMILES string of the molecule is CCCC(C(CC)OC)N(C)C(=O)CN. The molecule has 0 bridgehead atoms. The van der Waals surface area contributed by atoms with E-state index in [0.29, 0.717) is 0 Å². The Balaban J connectivity index is 4.54. The van der Waals surface area contributed by atoms with Gasteiger partial charge in [0, 0.05) is 14.2 Å². The van der Waals surface area contributed by atoms with Crippen LogP contribution in [0, 0.1) is 0 Å². The third-order valence-electron chi connectivity index (χ3n) is 2.78. The maximum atomic E-state index is 11.5. The fourth-order valence-corrected chi connectivity index (χ4v) is 1.85. The van der Waals surface area contributed by atoms with E-state index in [0.717, 1.165) is 19.3 Å². The average molecular weight is 216 g/mol. The van der Waals surface area contributed by atoms with Gasteiger partial charge in [-0.2, -0.15) is 0 Å². The minimum atomic E-state index is -0.0241. The van der Waals surface area contributed by atoms with Crippen LogP contribution in [0.2, 0.25) is 0 Å². The molecule has 0 aromatic rings. The second kappa shape index (κ2) is 7.65. The molecule has 4 nitrogen and oxygen atoms in total. The third kappa shape index (κ3) is 4.18. The lowest BCUT2D eigenvalue weighted by Gasteiger charge is -2.33. The van der Waals surface area contributed by atoms with Crippen molar-refractivity contribution in [3.05, 3.63) is 0 Å². The molecule has 0 aliphatic rings. The van der Waals surface area contributed by atoms with Gasteiger partial charge < -0.3 is 15.4 Å². The lowest BCUT2D eigenvalue weighted by Crippen LogP contribution is -2.47. The summed E-state index contributed by atoms with van der Waals surface area (Å²) in [5, 5.41) is 0. The highest BCUT2D eigenvalue weighted by Crippen LogP contribution is 2.15. The molecule has 0 rings (SSSR count). The first kappa shape index (κ1) is 14.4. The summed E-state index contributed by atoms with van der Waals surface area (Å²) in [4.78, 5) is 13.2. The van der Waals surface area contributed by atoms with Gasteiger partial charge in [0.2, 0.25) is 5.91 Å². The van der Waals surface area contributed by atoms with Gasteiger partial charge in [0.25, 0.3) is 0 Å². The number of nitrogens with zero attached hydrogens (tertiary/aromatic N) is 1. The highest BCUT2D eigenvalue weighted by atomic mass is 16.5. The van der Waals surface area contributed by atoms with Gasteiger partial charge in [0.15, 0.2) is 0 Å². The van der Waals surface area contributed by atoms with Crippen LogP contribution in [0.15, 0.2) is 0 Å². The standard InChI is InChI=1S/C11H24N2O2/c1-5-7-9(10(6-2)15-4)13(3)11(14)8-12/h9-10H,5-8,12H2,1-4H3. The van der Waals surface area contributed by atoms with Gasteiger partial charge in [-0.15, -0.1) is 0 Å². The van der Waals surface area contributed by atoms with Gasteiger partial charge in [-0.05, 0) is 12.8 Å². The summed E-state index contributed by atoms with van der Waals surface area (Å²) in [5.74, 6) is -0.0241. The zero-order chi connectivity index (χ0) is 11.8. The van der Waals surface area contributed by atoms with Gasteiger partial charge in [0.1, 0.15) is 0 Å². The van der Waals surface area contributed by atoms with Gasteiger partial charge >= 0.3 is 0 Å². The van der Waals surface area contributed by atoms with Crippen LogP contribution < -0.4 is 5.73 Å². The van der Waals surface area contributed by atoms with Crippen molar-refractivity contribution in [2.75, 3.05) is 20.7 Å². The second-order valence-electron chi connectivity index (χ2n) is 3.75. The van der Waals surface area contributed by atoms with E-state index in [1.54, 1.807) is 19.1 Å². The summed E-state index contributed by atoms with van der Waals surface area (Å²) >= 11 is 0. The number of rotatable bonds is 7. The van der Waals surface area contributed by atoms with Crippen molar-refractivity contribution in [3.63, 3.8) is 0 Å². The van der Waals surface area contributed by atoms with Crippen molar-refractivity contribution in [1.29, 1.82) is 0 Å². The Bertz CT molecular complexity index is 181. The summed E-state index contributed by atoms with van der Waals surface area (Å²) in [7, 11) is 3.49. The molecule has 0 saturated heterocycles. The lowest BCUT2D eigenvalue weighted by atomic mass is 10.0. The number of carbonyl (C=O) groups excluding carboxylic acids is 1. The summed E-state index contributed by atoms with van der Waals surface area (Å²) in [6.07, 6.45) is 3.00. The van der Waals surface area contributed by atoms with Crippen molar-refractivity contribution in [3.8, 4) is 0 Å². The third-order valence-corrected chi connectivity index (χ3v) is 2.78. The first-order valence-corrected chi connectivity index (χ1v) is 5.60. The Morgan fingerprint density at radius 2 is 2.07 bits per heavy atom. The molecule has 0 aliphatic carbocycles. The molecule has 90 valence electrons. The minimum Gasteiger partial charge on any atom is -0.379 e. The van der Waals surface area contributed by atoms with E-state index in [9.17, 15) is 4.79 Å². The van der Waals surface area contributed by atoms with E-state index < -0.39 is 0 Å². The van der Waals surface area contributed by atoms with Gasteiger partial charge in [-0.25, -0.2) is 0 Å². The quantitative estimate of drug-likeness (QED) is 0.690. The van der Waals surface area contributed by atoms with Crippen LogP contribution in [-0.2, 0) is 9.53 Å². The molecule has 15 heavy (non-hydrogen) atoms. The van der Waals surface area contributed by atoms with E-state index in [-0.39, 0.29) is 24.6 Å². The fourth-order valence-electron chi connectivity index (χ4n) is 1.85. The van der Waals surface area contributed by atoms with E-state index >= 15 is 0 Å². The van der Waals surface area contributed by atoms with E-state index in [4.69, 9.17) is 10.5 Å². The largest absolute Gasteiger partial charge is 0.379 e. The number of hydrogen-bond donors (Lipinski definition) is 1. The Morgan fingerprint density at radius 1 is 1.47 bits per heavy atom. The molecule has 0 saturated carbocycles. The van der Waals surface area contributed by atoms with Crippen LogP contribution in [0.4, 0.5) is 0 Å².